The third-order valence-electron chi connectivity index (χ3n) is 9.99. The van der Waals surface area contributed by atoms with Crippen molar-refractivity contribution in [2.24, 2.45) is 23.7 Å². The summed E-state index contributed by atoms with van der Waals surface area (Å²) in [5.74, 6) is 2.08. The van der Waals surface area contributed by atoms with Crippen molar-refractivity contribution in [1.29, 1.82) is 0 Å². The van der Waals surface area contributed by atoms with Crippen LogP contribution in [0, 0.1) is 23.7 Å². The average Bonchev–Trinajstić information content (AvgIpc) is 3.30. The summed E-state index contributed by atoms with van der Waals surface area (Å²) in [4.78, 5) is 25.5. The lowest BCUT2D eigenvalue weighted by Crippen LogP contribution is -2.59. The molecule has 7 atom stereocenters. The number of piperidine rings is 2. The molecule has 6 unspecified atom stereocenters. The van der Waals surface area contributed by atoms with Crippen molar-refractivity contribution in [3.63, 3.8) is 0 Å². The second-order valence-corrected chi connectivity index (χ2v) is 13.7. The number of nitrogens with one attached hydrogen (secondary N) is 2. The summed E-state index contributed by atoms with van der Waals surface area (Å²) >= 11 is 0. The van der Waals surface area contributed by atoms with Crippen LogP contribution in [-0.4, -0.2) is 70.6 Å². The number of hydrogen-bond donors (Lipinski definition) is 2. The fraction of sp³-hybridized carbons (Fsp3) is 0.871. The molecule has 0 bridgehead atoms. The van der Waals surface area contributed by atoms with Gasteiger partial charge in [-0.25, -0.2) is 13.8 Å². The molecule has 3 saturated heterocycles. The van der Waals surface area contributed by atoms with Crippen LogP contribution >= 0.6 is 9.24 Å². The quantitative estimate of drug-likeness (QED) is 0.280. The second kappa shape index (κ2) is 15.0. The topological polar surface area (TPSA) is 64.7 Å². The zero-order valence-electron chi connectivity index (χ0n) is 25.5. The van der Waals surface area contributed by atoms with Crippen LogP contribution < -0.4 is 10.7 Å². The van der Waals surface area contributed by atoms with Gasteiger partial charge in [-0.15, -0.1) is 0 Å². The lowest BCUT2D eigenvalue weighted by Gasteiger charge is -2.48. The van der Waals surface area contributed by atoms with Gasteiger partial charge in [0.15, 0.2) is 5.78 Å². The van der Waals surface area contributed by atoms with Gasteiger partial charge in [-0.3, -0.25) is 15.0 Å². The molecule has 3 heterocycles. The highest BCUT2D eigenvalue weighted by Crippen LogP contribution is 2.42. The minimum atomic E-state index is -2.82. The van der Waals surface area contributed by atoms with Gasteiger partial charge < -0.3 is 10.2 Å². The number of rotatable bonds is 8. The van der Waals surface area contributed by atoms with Gasteiger partial charge in [0.05, 0.1) is 12.0 Å². The number of fused-ring (bicyclic) bond motifs is 1. The molecule has 3 aliphatic heterocycles. The lowest BCUT2D eigenvalue weighted by molar-refractivity contribution is -0.143. The first kappa shape index (κ1) is 33.6. The van der Waals surface area contributed by atoms with Crippen LogP contribution in [0.4, 0.5) is 8.78 Å². The van der Waals surface area contributed by atoms with Crippen molar-refractivity contribution in [2.45, 2.75) is 135 Å². The van der Waals surface area contributed by atoms with Crippen LogP contribution in [0.5, 0.6) is 0 Å². The molecule has 40 heavy (non-hydrogen) atoms. The van der Waals surface area contributed by atoms with E-state index in [1.165, 1.54) is 38.7 Å². The SMILES string of the molecule is C=CC(C)=O.CCCC1NN(C2CCC(C(C)C)CC2)C2CCN(C(=O)C3CCC(C(F)(F)P)NC3)[C@@H](CC)C12. The Morgan fingerprint density at radius 2 is 1.75 bits per heavy atom. The number of allylic oxidation sites excluding steroid dienone is 1. The molecule has 1 aliphatic carbocycles. The standard InChI is InChI=1S/C27H49F2N4OP.C4H6O/c1-5-7-21-25-22(6-2)32(26(34)19-10-13-24(30-16-19)27(28,29)35)15-14-23(25)33(31-21)20-11-8-18(9-12-20)17(3)4;1-3-4(2)5/h17-25,30-31H,5-16,35H2,1-4H3;3H,1H2,2H3/t18?,19?,20?,21?,22-,23?,24?,25?;/m0./s1. The molecular weight excluding hydrogens is 529 g/mol. The number of amides is 1. The number of nitrogens with zero attached hydrogens (tertiary/aromatic N) is 2. The van der Waals surface area contributed by atoms with E-state index in [-0.39, 0.29) is 23.7 Å². The Bertz CT molecular complexity index is 838. The van der Waals surface area contributed by atoms with Gasteiger partial charge in [0.2, 0.25) is 5.91 Å². The van der Waals surface area contributed by atoms with E-state index in [1.54, 1.807) is 9.24 Å². The molecule has 0 spiro atoms. The number of alkyl halides is 2. The van der Waals surface area contributed by atoms with Crippen molar-refractivity contribution >= 4 is 20.9 Å². The molecule has 1 saturated carbocycles. The molecule has 0 aromatic rings. The lowest BCUT2D eigenvalue weighted by atomic mass is 9.76. The van der Waals surface area contributed by atoms with E-state index >= 15 is 0 Å². The van der Waals surface area contributed by atoms with E-state index in [9.17, 15) is 18.4 Å². The molecule has 4 fully saturated rings. The number of carbonyl (C=O) groups excluding carboxylic acids is 2. The number of halogens is 2. The van der Waals surface area contributed by atoms with Crippen molar-refractivity contribution in [1.82, 2.24) is 20.7 Å². The Labute approximate surface area is 244 Å². The third kappa shape index (κ3) is 8.11. The van der Waals surface area contributed by atoms with Crippen LogP contribution in [0.25, 0.3) is 0 Å². The smallest absolute Gasteiger partial charge is 0.273 e. The summed E-state index contributed by atoms with van der Waals surface area (Å²) in [6.45, 7) is 15.0. The zero-order chi connectivity index (χ0) is 29.6. The van der Waals surface area contributed by atoms with E-state index in [1.807, 2.05) is 0 Å². The molecule has 1 amide bonds. The molecule has 0 radical (unpaired) electrons. The van der Waals surface area contributed by atoms with E-state index in [0.29, 0.717) is 43.4 Å². The van der Waals surface area contributed by atoms with Crippen LogP contribution in [0.15, 0.2) is 12.7 Å². The second-order valence-electron chi connectivity index (χ2n) is 12.9. The molecule has 9 heteroatoms. The molecule has 0 aromatic heterocycles. The monoisotopic (exact) mass is 584 g/mol. The zero-order valence-corrected chi connectivity index (χ0v) is 26.7. The van der Waals surface area contributed by atoms with Crippen LogP contribution in [-0.2, 0) is 9.59 Å². The molecule has 0 aromatic carbocycles. The van der Waals surface area contributed by atoms with Crippen molar-refractivity contribution in [3.8, 4) is 0 Å². The Morgan fingerprint density at radius 1 is 1.10 bits per heavy atom. The van der Waals surface area contributed by atoms with Gasteiger partial charge in [0, 0.05) is 43.2 Å². The fourth-order valence-corrected chi connectivity index (χ4v) is 8.00. The van der Waals surface area contributed by atoms with Crippen LogP contribution in [0.1, 0.15) is 98.8 Å². The summed E-state index contributed by atoms with van der Waals surface area (Å²) in [6, 6.07) is 0.885. The van der Waals surface area contributed by atoms with Gasteiger partial charge in [-0.1, -0.05) is 49.9 Å². The normalized spacial score (nSPS) is 35.1. The minimum absolute atomic E-state index is 0.0185. The molecule has 6 nitrogen and oxygen atoms in total. The maximum Gasteiger partial charge on any atom is 0.273 e. The summed E-state index contributed by atoms with van der Waals surface area (Å²) in [5, 5.41) is 5.60. The van der Waals surface area contributed by atoms with Gasteiger partial charge in [0.25, 0.3) is 5.66 Å². The summed E-state index contributed by atoms with van der Waals surface area (Å²) < 4.78 is 27.4. The van der Waals surface area contributed by atoms with E-state index < -0.39 is 11.7 Å². The fourth-order valence-electron chi connectivity index (χ4n) is 7.72. The first-order chi connectivity index (χ1) is 18.9. The molecule has 4 rings (SSSR count). The maximum atomic E-state index is 13.7. The minimum Gasteiger partial charge on any atom is -0.339 e. The van der Waals surface area contributed by atoms with Crippen molar-refractivity contribution in [2.75, 3.05) is 13.1 Å². The number of likely N-dealkylation sites (tertiary alicyclic amines) is 1. The highest BCUT2D eigenvalue weighted by molar-refractivity contribution is 7.18. The number of hydrogen-bond acceptors (Lipinski definition) is 5. The molecular formula is C31H55F2N4O2P. The van der Waals surface area contributed by atoms with Gasteiger partial charge in [-0.05, 0) is 82.6 Å². The number of hydrazine groups is 1. The summed E-state index contributed by atoms with van der Waals surface area (Å²) in [7, 11) is 1.65. The van der Waals surface area contributed by atoms with Gasteiger partial charge >= 0.3 is 0 Å². The van der Waals surface area contributed by atoms with Gasteiger partial charge in [0.1, 0.15) is 0 Å². The largest absolute Gasteiger partial charge is 0.339 e. The third-order valence-corrected chi connectivity index (χ3v) is 10.4. The molecule has 4 aliphatic rings. The molecule has 2 N–H and O–H groups in total. The van der Waals surface area contributed by atoms with Gasteiger partial charge in [-0.2, -0.15) is 0 Å². The van der Waals surface area contributed by atoms with Crippen LogP contribution in [0.3, 0.4) is 0 Å². The highest BCUT2D eigenvalue weighted by Gasteiger charge is 2.52. The Hall–Kier alpha value is -0.950. The maximum absolute atomic E-state index is 13.7. The first-order valence-electron chi connectivity index (χ1n) is 15.8. The average molecular weight is 585 g/mol. The molecule has 230 valence electrons. The highest BCUT2D eigenvalue weighted by atomic mass is 31.0. The van der Waals surface area contributed by atoms with E-state index in [2.05, 4.69) is 54.9 Å². The summed E-state index contributed by atoms with van der Waals surface area (Å²) in [6.07, 6.45) is 11.6. The summed E-state index contributed by atoms with van der Waals surface area (Å²) in [5.41, 5.74) is 1.15. The van der Waals surface area contributed by atoms with Crippen molar-refractivity contribution in [3.05, 3.63) is 12.7 Å². The van der Waals surface area contributed by atoms with Crippen molar-refractivity contribution < 1.29 is 18.4 Å². The predicted octanol–water partition coefficient (Wildman–Crippen LogP) is 5.78. The van der Waals surface area contributed by atoms with Crippen LogP contribution in [0.2, 0.25) is 0 Å². The Kier molecular flexibility index (Phi) is 12.6. The number of ketones is 1. The van der Waals surface area contributed by atoms with E-state index in [4.69, 9.17) is 0 Å². The Morgan fingerprint density at radius 3 is 2.23 bits per heavy atom. The predicted molar refractivity (Wildman–Crippen MR) is 162 cm³/mol. The number of carbonyl (C=O) groups is 2. The van der Waals surface area contributed by atoms with E-state index in [0.717, 1.165) is 44.1 Å². The first-order valence-corrected chi connectivity index (χ1v) is 16.4. The Balaban J connectivity index is 0.000000810.